The molecule has 0 aliphatic heterocycles. The molecule has 0 amide bonds. The molecule has 0 aromatic carbocycles. The van der Waals surface area contributed by atoms with Crippen LogP contribution < -0.4 is 5.73 Å². The highest BCUT2D eigenvalue weighted by Crippen LogP contribution is 2.59. The quantitative estimate of drug-likeness (QED) is 0.692. The van der Waals surface area contributed by atoms with E-state index in [4.69, 9.17) is 5.73 Å². The van der Waals surface area contributed by atoms with Gasteiger partial charge in [-0.25, -0.2) is 0 Å². The summed E-state index contributed by atoms with van der Waals surface area (Å²) in [6, 6.07) is 0.534. The average molecular weight is 179 g/mol. The molecule has 1 nitrogen and oxygen atoms in total. The van der Waals surface area contributed by atoms with Crippen molar-refractivity contribution >= 4 is 0 Å². The van der Waals surface area contributed by atoms with E-state index in [1.54, 1.807) is 0 Å². The molecule has 0 aromatic heterocycles. The minimum Gasteiger partial charge on any atom is -0.327 e. The maximum atomic E-state index is 6.37. The van der Waals surface area contributed by atoms with Gasteiger partial charge in [0.15, 0.2) is 0 Å². The van der Waals surface area contributed by atoms with Crippen molar-refractivity contribution in [2.75, 3.05) is 0 Å². The number of hydrogen-bond donors (Lipinski definition) is 1. The molecule has 2 N–H and O–H groups in total. The average Bonchev–Trinajstić information content (AvgIpc) is 2.72. The van der Waals surface area contributed by atoms with Gasteiger partial charge in [0.25, 0.3) is 0 Å². The van der Waals surface area contributed by atoms with Crippen LogP contribution in [0.5, 0.6) is 0 Å². The van der Waals surface area contributed by atoms with Gasteiger partial charge < -0.3 is 5.73 Å². The zero-order valence-electron chi connectivity index (χ0n) is 8.63. The topological polar surface area (TPSA) is 26.0 Å². The van der Waals surface area contributed by atoms with Crippen molar-refractivity contribution in [1.82, 2.24) is 0 Å². The van der Waals surface area contributed by atoms with Crippen molar-refractivity contribution in [1.29, 1.82) is 0 Å². The molecular weight excluding hydrogens is 158 g/mol. The van der Waals surface area contributed by atoms with Crippen LogP contribution in [-0.2, 0) is 0 Å². The van der Waals surface area contributed by atoms with Crippen LogP contribution in [0, 0.1) is 23.2 Å². The van der Waals surface area contributed by atoms with Crippen LogP contribution in [0.4, 0.5) is 0 Å². The van der Waals surface area contributed by atoms with Crippen molar-refractivity contribution < 1.29 is 0 Å². The fraction of sp³-hybridized carbons (Fsp3) is 1.00. The van der Waals surface area contributed by atoms with E-state index in [-0.39, 0.29) is 0 Å². The van der Waals surface area contributed by atoms with Crippen molar-refractivity contribution in [2.45, 2.75) is 51.5 Å². The summed E-state index contributed by atoms with van der Waals surface area (Å²) in [4.78, 5) is 0. The van der Waals surface area contributed by atoms with Crippen molar-refractivity contribution in [2.24, 2.45) is 28.9 Å². The number of hydrogen-bond acceptors (Lipinski definition) is 1. The summed E-state index contributed by atoms with van der Waals surface area (Å²) in [5.74, 6) is 2.91. The van der Waals surface area contributed by atoms with Gasteiger partial charge in [-0.05, 0) is 48.9 Å². The van der Waals surface area contributed by atoms with E-state index >= 15 is 0 Å². The van der Waals surface area contributed by atoms with Gasteiger partial charge in [0.2, 0.25) is 0 Å². The number of rotatable bonds is 2. The SMILES string of the molecule is C[C@]1(CC2CC2)[C@H]2CC[C@H](C2)[C@H]1N. The smallest absolute Gasteiger partial charge is 0.0124 e. The molecule has 13 heavy (non-hydrogen) atoms. The van der Waals surface area contributed by atoms with E-state index in [0.29, 0.717) is 11.5 Å². The van der Waals surface area contributed by atoms with Crippen LogP contribution in [-0.4, -0.2) is 6.04 Å². The van der Waals surface area contributed by atoms with Crippen LogP contribution >= 0.6 is 0 Å². The van der Waals surface area contributed by atoms with E-state index in [9.17, 15) is 0 Å². The lowest BCUT2D eigenvalue weighted by Gasteiger charge is -2.39. The minimum absolute atomic E-state index is 0.532. The lowest BCUT2D eigenvalue weighted by molar-refractivity contribution is 0.133. The third kappa shape index (κ3) is 1.09. The fourth-order valence-electron chi connectivity index (χ4n) is 4.00. The molecule has 3 fully saturated rings. The maximum absolute atomic E-state index is 6.37. The molecule has 0 aromatic rings. The van der Waals surface area contributed by atoms with Gasteiger partial charge in [0.05, 0.1) is 0 Å². The molecule has 0 unspecified atom stereocenters. The molecule has 0 saturated heterocycles. The van der Waals surface area contributed by atoms with Crippen molar-refractivity contribution in [3.63, 3.8) is 0 Å². The Morgan fingerprint density at radius 1 is 1.23 bits per heavy atom. The predicted molar refractivity (Wildman–Crippen MR) is 54.3 cm³/mol. The molecule has 3 rings (SSSR count). The molecule has 0 radical (unpaired) electrons. The van der Waals surface area contributed by atoms with Gasteiger partial charge in [-0.3, -0.25) is 0 Å². The summed E-state index contributed by atoms with van der Waals surface area (Å²) >= 11 is 0. The Hall–Kier alpha value is -0.0400. The van der Waals surface area contributed by atoms with Crippen molar-refractivity contribution in [3.05, 3.63) is 0 Å². The van der Waals surface area contributed by atoms with Gasteiger partial charge in [0.1, 0.15) is 0 Å². The maximum Gasteiger partial charge on any atom is 0.0124 e. The minimum atomic E-state index is 0.532. The largest absolute Gasteiger partial charge is 0.327 e. The Kier molecular flexibility index (Phi) is 1.59. The molecule has 4 atom stereocenters. The molecule has 3 aliphatic carbocycles. The van der Waals surface area contributed by atoms with Gasteiger partial charge in [-0.15, -0.1) is 0 Å². The van der Waals surface area contributed by atoms with E-state index in [1.165, 1.54) is 38.5 Å². The molecule has 3 saturated carbocycles. The second-order valence-corrected chi connectivity index (χ2v) is 5.95. The first-order valence-electron chi connectivity index (χ1n) is 5.96. The molecule has 0 heterocycles. The summed E-state index contributed by atoms with van der Waals surface area (Å²) in [6.45, 7) is 2.47. The second-order valence-electron chi connectivity index (χ2n) is 5.95. The highest BCUT2D eigenvalue weighted by atomic mass is 14.8. The van der Waals surface area contributed by atoms with Crippen LogP contribution in [0.3, 0.4) is 0 Å². The Morgan fingerprint density at radius 2 is 2.00 bits per heavy atom. The Bertz CT molecular complexity index is 217. The Balaban J connectivity index is 1.80. The standard InChI is InChI=1S/C12H21N/c1-12(7-8-2-3-8)10-5-4-9(6-10)11(12)13/h8-11H,2-7,13H2,1H3/t9-,10+,11-,12+/m1/s1. The third-order valence-electron chi connectivity index (χ3n) is 5.10. The van der Waals surface area contributed by atoms with E-state index in [2.05, 4.69) is 6.92 Å². The molecule has 2 bridgehead atoms. The molecule has 3 aliphatic rings. The van der Waals surface area contributed by atoms with Crippen LogP contribution in [0.15, 0.2) is 0 Å². The summed E-state index contributed by atoms with van der Waals surface area (Å²) in [7, 11) is 0. The molecule has 1 heteroatoms. The van der Waals surface area contributed by atoms with Crippen molar-refractivity contribution in [3.8, 4) is 0 Å². The van der Waals surface area contributed by atoms with E-state index < -0.39 is 0 Å². The zero-order valence-corrected chi connectivity index (χ0v) is 8.63. The predicted octanol–water partition coefficient (Wildman–Crippen LogP) is 2.55. The number of fused-ring (bicyclic) bond motifs is 2. The number of nitrogens with two attached hydrogens (primary N) is 1. The Morgan fingerprint density at radius 3 is 2.54 bits per heavy atom. The molecular formula is C12H21N. The van der Waals surface area contributed by atoms with Crippen LogP contribution in [0.1, 0.15) is 45.4 Å². The zero-order chi connectivity index (χ0) is 9.05. The first kappa shape index (κ1) is 8.28. The van der Waals surface area contributed by atoms with E-state index in [0.717, 1.165) is 17.8 Å². The van der Waals surface area contributed by atoms with Gasteiger partial charge in [-0.1, -0.05) is 19.8 Å². The van der Waals surface area contributed by atoms with Gasteiger partial charge in [-0.2, -0.15) is 0 Å². The lowest BCUT2D eigenvalue weighted by Crippen LogP contribution is -2.44. The van der Waals surface area contributed by atoms with Crippen LogP contribution in [0.2, 0.25) is 0 Å². The summed E-state index contributed by atoms with van der Waals surface area (Å²) < 4.78 is 0. The first-order chi connectivity index (χ1) is 6.20. The van der Waals surface area contributed by atoms with E-state index in [1.807, 2.05) is 0 Å². The van der Waals surface area contributed by atoms with Gasteiger partial charge in [0, 0.05) is 6.04 Å². The third-order valence-corrected chi connectivity index (χ3v) is 5.10. The molecule has 0 spiro atoms. The van der Waals surface area contributed by atoms with Gasteiger partial charge >= 0.3 is 0 Å². The molecule has 74 valence electrons. The fourth-order valence-corrected chi connectivity index (χ4v) is 4.00. The second kappa shape index (κ2) is 2.50. The monoisotopic (exact) mass is 179 g/mol. The lowest BCUT2D eigenvalue weighted by atomic mass is 9.68. The Labute approximate surface area is 81.1 Å². The van der Waals surface area contributed by atoms with Crippen LogP contribution in [0.25, 0.3) is 0 Å². The highest BCUT2D eigenvalue weighted by molar-refractivity contribution is 5.07. The summed E-state index contributed by atoms with van der Waals surface area (Å²) in [5, 5.41) is 0. The highest BCUT2D eigenvalue weighted by Gasteiger charge is 2.54. The normalized spacial score (nSPS) is 54.5. The summed E-state index contributed by atoms with van der Waals surface area (Å²) in [5.41, 5.74) is 6.91. The summed E-state index contributed by atoms with van der Waals surface area (Å²) in [6.07, 6.45) is 8.76. The first-order valence-corrected chi connectivity index (χ1v) is 5.96.